The van der Waals surface area contributed by atoms with Crippen LogP contribution in [0, 0.1) is 22.9 Å². The van der Waals surface area contributed by atoms with E-state index in [2.05, 4.69) is 5.32 Å². The highest BCUT2D eigenvalue weighted by molar-refractivity contribution is 6.30. The van der Waals surface area contributed by atoms with Gasteiger partial charge in [0.25, 0.3) is 5.69 Å². The molecule has 0 saturated heterocycles. The summed E-state index contributed by atoms with van der Waals surface area (Å²) in [6.45, 7) is 1.89. The first-order chi connectivity index (χ1) is 9.47. The smallest absolute Gasteiger partial charge is 0.274 e. The van der Waals surface area contributed by atoms with Gasteiger partial charge in [-0.25, -0.2) is 4.39 Å². The molecule has 20 heavy (non-hydrogen) atoms. The van der Waals surface area contributed by atoms with Crippen molar-refractivity contribution >= 4 is 23.0 Å². The SMILES string of the molecule is Cc1ccc(NCc2ccc(Cl)cc2F)cc1[N+](=O)[O-]. The Labute approximate surface area is 120 Å². The number of aryl methyl sites for hydroxylation is 1. The summed E-state index contributed by atoms with van der Waals surface area (Å²) in [6, 6.07) is 9.21. The number of nitro groups is 1. The van der Waals surface area contributed by atoms with E-state index in [-0.39, 0.29) is 12.2 Å². The summed E-state index contributed by atoms with van der Waals surface area (Å²) < 4.78 is 13.6. The van der Waals surface area contributed by atoms with Gasteiger partial charge in [0, 0.05) is 34.4 Å². The van der Waals surface area contributed by atoms with Gasteiger partial charge in [-0.15, -0.1) is 0 Å². The molecule has 0 aliphatic rings. The quantitative estimate of drug-likeness (QED) is 0.675. The van der Waals surface area contributed by atoms with Crippen LogP contribution >= 0.6 is 11.6 Å². The third-order valence-corrected chi connectivity index (χ3v) is 3.14. The Morgan fingerprint density at radius 3 is 2.70 bits per heavy atom. The number of rotatable bonds is 4. The van der Waals surface area contributed by atoms with Gasteiger partial charge in [0.05, 0.1) is 4.92 Å². The second kappa shape index (κ2) is 5.88. The van der Waals surface area contributed by atoms with Crippen LogP contribution in [0.15, 0.2) is 36.4 Å². The number of hydrogen-bond acceptors (Lipinski definition) is 3. The Morgan fingerprint density at radius 2 is 2.05 bits per heavy atom. The fourth-order valence-electron chi connectivity index (χ4n) is 1.78. The van der Waals surface area contributed by atoms with E-state index in [1.165, 1.54) is 12.1 Å². The van der Waals surface area contributed by atoms with Crippen LogP contribution in [-0.4, -0.2) is 4.92 Å². The summed E-state index contributed by atoms with van der Waals surface area (Å²) in [4.78, 5) is 10.4. The molecule has 0 aromatic heterocycles. The lowest BCUT2D eigenvalue weighted by Gasteiger charge is -2.08. The van der Waals surface area contributed by atoms with Crippen molar-refractivity contribution in [1.82, 2.24) is 0 Å². The normalized spacial score (nSPS) is 10.3. The molecule has 0 bridgehead atoms. The lowest BCUT2D eigenvalue weighted by molar-refractivity contribution is -0.385. The molecule has 2 aromatic carbocycles. The number of nitrogens with one attached hydrogen (secondary N) is 1. The van der Waals surface area contributed by atoms with E-state index in [0.29, 0.717) is 21.8 Å². The van der Waals surface area contributed by atoms with Crippen LogP contribution in [0.1, 0.15) is 11.1 Å². The van der Waals surface area contributed by atoms with Gasteiger partial charge in [-0.05, 0) is 25.1 Å². The topological polar surface area (TPSA) is 55.2 Å². The molecule has 0 atom stereocenters. The molecule has 104 valence electrons. The van der Waals surface area contributed by atoms with Gasteiger partial charge in [0.1, 0.15) is 5.82 Å². The molecule has 0 saturated carbocycles. The lowest BCUT2D eigenvalue weighted by atomic mass is 10.1. The summed E-state index contributed by atoms with van der Waals surface area (Å²) >= 11 is 5.67. The number of halogens is 2. The Kier molecular flexibility index (Phi) is 4.20. The van der Waals surface area contributed by atoms with E-state index < -0.39 is 10.7 Å². The highest BCUT2D eigenvalue weighted by Gasteiger charge is 2.11. The van der Waals surface area contributed by atoms with Crippen LogP contribution in [0.5, 0.6) is 0 Å². The largest absolute Gasteiger partial charge is 0.381 e. The number of hydrogen-bond donors (Lipinski definition) is 1. The molecule has 0 spiro atoms. The molecular weight excluding hydrogens is 283 g/mol. The first-order valence-corrected chi connectivity index (χ1v) is 6.28. The molecule has 2 aromatic rings. The predicted molar refractivity (Wildman–Crippen MR) is 76.6 cm³/mol. The van der Waals surface area contributed by atoms with Gasteiger partial charge in [-0.1, -0.05) is 23.7 Å². The minimum atomic E-state index is -0.441. The van der Waals surface area contributed by atoms with Crippen LogP contribution in [0.4, 0.5) is 15.8 Å². The Hall–Kier alpha value is -2.14. The average Bonchev–Trinajstić information content (AvgIpc) is 2.39. The lowest BCUT2D eigenvalue weighted by Crippen LogP contribution is -2.02. The highest BCUT2D eigenvalue weighted by Crippen LogP contribution is 2.23. The van der Waals surface area contributed by atoms with Crippen LogP contribution in [0.25, 0.3) is 0 Å². The second-order valence-electron chi connectivity index (χ2n) is 4.35. The Morgan fingerprint density at radius 1 is 1.30 bits per heavy atom. The summed E-state index contributed by atoms with van der Waals surface area (Å²) in [6.07, 6.45) is 0. The maximum absolute atomic E-state index is 13.6. The van der Waals surface area contributed by atoms with Crippen molar-refractivity contribution < 1.29 is 9.31 Å². The predicted octanol–water partition coefficient (Wildman–Crippen LogP) is 4.31. The fraction of sp³-hybridized carbons (Fsp3) is 0.143. The zero-order valence-corrected chi connectivity index (χ0v) is 11.4. The van der Waals surface area contributed by atoms with Gasteiger partial charge in [-0.3, -0.25) is 10.1 Å². The molecule has 0 radical (unpaired) electrons. The summed E-state index contributed by atoms with van der Waals surface area (Å²) in [7, 11) is 0. The number of anilines is 1. The van der Waals surface area contributed by atoms with Crippen LogP contribution in [-0.2, 0) is 6.54 Å². The first-order valence-electron chi connectivity index (χ1n) is 5.90. The molecule has 0 aliphatic heterocycles. The monoisotopic (exact) mass is 294 g/mol. The van der Waals surface area contributed by atoms with Crippen LogP contribution in [0.3, 0.4) is 0 Å². The molecule has 1 N–H and O–H groups in total. The van der Waals surface area contributed by atoms with Crippen molar-refractivity contribution in [3.05, 3.63) is 68.5 Å². The van der Waals surface area contributed by atoms with Crippen molar-refractivity contribution in [1.29, 1.82) is 0 Å². The molecule has 0 aliphatic carbocycles. The van der Waals surface area contributed by atoms with Gasteiger partial charge in [0.15, 0.2) is 0 Å². The number of nitrogens with zero attached hydrogens (tertiary/aromatic N) is 1. The van der Waals surface area contributed by atoms with E-state index in [1.54, 1.807) is 31.2 Å². The van der Waals surface area contributed by atoms with Gasteiger partial charge in [-0.2, -0.15) is 0 Å². The molecule has 0 unspecified atom stereocenters. The summed E-state index contributed by atoms with van der Waals surface area (Å²) in [5.41, 5.74) is 1.62. The molecule has 2 rings (SSSR count). The van der Waals surface area contributed by atoms with Gasteiger partial charge < -0.3 is 5.32 Å². The van der Waals surface area contributed by atoms with Gasteiger partial charge in [0.2, 0.25) is 0 Å². The Balaban J connectivity index is 2.15. The van der Waals surface area contributed by atoms with Crippen molar-refractivity contribution in [3.8, 4) is 0 Å². The van der Waals surface area contributed by atoms with E-state index in [1.807, 2.05) is 0 Å². The van der Waals surface area contributed by atoms with Crippen LogP contribution in [0.2, 0.25) is 5.02 Å². The molecule has 6 heteroatoms. The first kappa shape index (κ1) is 14.3. The molecule has 0 fully saturated rings. The summed E-state index contributed by atoms with van der Waals surface area (Å²) in [5, 5.41) is 14.1. The molecule has 4 nitrogen and oxygen atoms in total. The Bertz CT molecular complexity index is 662. The van der Waals surface area contributed by atoms with Crippen LogP contribution < -0.4 is 5.32 Å². The van der Waals surface area contributed by atoms with Gasteiger partial charge >= 0.3 is 0 Å². The van der Waals surface area contributed by atoms with Crippen molar-refractivity contribution in [3.63, 3.8) is 0 Å². The maximum atomic E-state index is 13.6. The summed E-state index contributed by atoms with van der Waals surface area (Å²) in [5.74, 6) is -0.411. The molecule has 0 amide bonds. The van der Waals surface area contributed by atoms with E-state index in [0.717, 1.165) is 0 Å². The average molecular weight is 295 g/mol. The maximum Gasteiger partial charge on any atom is 0.274 e. The van der Waals surface area contributed by atoms with E-state index >= 15 is 0 Å². The third-order valence-electron chi connectivity index (χ3n) is 2.90. The number of benzene rings is 2. The molecular formula is C14H12ClFN2O2. The van der Waals surface area contributed by atoms with E-state index in [4.69, 9.17) is 11.6 Å². The zero-order chi connectivity index (χ0) is 14.7. The minimum absolute atomic E-state index is 0.0339. The van der Waals surface area contributed by atoms with Crippen molar-refractivity contribution in [2.24, 2.45) is 0 Å². The third kappa shape index (κ3) is 3.24. The van der Waals surface area contributed by atoms with E-state index in [9.17, 15) is 14.5 Å². The fourth-order valence-corrected chi connectivity index (χ4v) is 1.94. The minimum Gasteiger partial charge on any atom is -0.381 e. The van der Waals surface area contributed by atoms with Crippen molar-refractivity contribution in [2.45, 2.75) is 13.5 Å². The van der Waals surface area contributed by atoms with Crippen molar-refractivity contribution in [2.75, 3.05) is 5.32 Å². The second-order valence-corrected chi connectivity index (χ2v) is 4.78. The number of nitro benzene ring substituents is 1. The molecule has 0 heterocycles. The highest BCUT2D eigenvalue weighted by atomic mass is 35.5. The zero-order valence-electron chi connectivity index (χ0n) is 10.7. The standard InChI is InChI=1S/C14H12ClFN2O2/c1-9-2-5-12(7-14(9)18(19)20)17-8-10-3-4-11(15)6-13(10)16/h2-7,17H,8H2,1H3.